The van der Waals surface area contributed by atoms with E-state index in [1.807, 2.05) is 0 Å². The molecule has 0 fully saturated rings. The molecule has 0 aliphatic carbocycles. The Morgan fingerprint density at radius 2 is 1.83 bits per heavy atom. The molecule has 1 amide bonds. The molecule has 1 rings (SSSR count). The van der Waals surface area contributed by atoms with Crippen LogP contribution >= 0.6 is 0 Å². The first kappa shape index (κ1) is 14.1. The topological polar surface area (TPSA) is 55.4 Å². The summed E-state index contributed by atoms with van der Waals surface area (Å²) in [7, 11) is 0. The molecule has 0 saturated carbocycles. The van der Waals surface area contributed by atoms with Gasteiger partial charge in [0.25, 0.3) is 5.91 Å². The molecule has 18 heavy (non-hydrogen) atoms. The van der Waals surface area contributed by atoms with Crippen molar-refractivity contribution < 1.29 is 24.5 Å². The molecular weight excluding hydrogens is 244 g/mol. The van der Waals surface area contributed by atoms with E-state index < -0.39 is 29.3 Å². The minimum absolute atomic E-state index is 0. The Labute approximate surface area is 104 Å². The van der Waals surface area contributed by atoms with Gasteiger partial charge in [-0.2, -0.15) is 0 Å². The van der Waals surface area contributed by atoms with Gasteiger partial charge >= 0.3 is 5.97 Å². The Morgan fingerprint density at radius 3 is 2.28 bits per heavy atom. The molecule has 0 radical (unpaired) electrons. The van der Waals surface area contributed by atoms with Gasteiger partial charge in [-0.1, -0.05) is 6.92 Å². The second-order valence-electron chi connectivity index (χ2n) is 3.46. The van der Waals surface area contributed by atoms with Gasteiger partial charge in [0, 0.05) is 20.0 Å². The van der Waals surface area contributed by atoms with Crippen LogP contribution in [-0.4, -0.2) is 18.4 Å². The van der Waals surface area contributed by atoms with Crippen LogP contribution < -0.4 is 10.1 Å². The van der Waals surface area contributed by atoms with E-state index in [1.165, 1.54) is 6.92 Å². The minimum Gasteiger partial charge on any atom is -0.420 e. The van der Waals surface area contributed by atoms with E-state index >= 15 is 0 Å². The molecule has 0 heterocycles. The van der Waals surface area contributed by atoms with Gasteiger partial charge in [-0.3, -0.25) is 9.59 Å². The lowest BCUT2D eigenvalue weighted by atomic mass is 10.2. The Bertz CT molecular complexity index is 457. The average Bonchev–Trinajstić information content (AvgIpc) is 2.33. The number of hydrogen-bond donors (Lipinski definition) is 1. The van der Waals surface area contributed by atoms with Crippen molar-refractivity contribution in [2.45, 2.75) is 20.3 Å². The van der Waals surface area contributed by atoms with E-state index in [1.54, 1.807) is 6.92 Å². The highest BCUT2D eigenvalue weighted by molar-refractivity contribution is 5.94. The lowest BCUT2D eigenvalue weighted by molar-refractivity contribution is -0.134. The van der Waals surface area contributed by atoms with Gasteiger partial charge in [0.15, 0.2) is 11.6 Å². The number of nitrogens with one attached hydrogen (secondary N) is 1. The zero-order valence-corrected chi connectivity index (χ0v) is 10.0. The van der Waals surface area contributed by atoms with Crippen molar-refractivity contribution >= 4 is 11.9 Å². The van der Waals surface area contributed by atoms with Crippen molar-refractivity contribution in [3.05, 3.63) is 29.3 Å². The fourth-order valence-corrected chi connectivity index (χ4v) is 1.24. The van der Waals surface area contributed by atoms with Crippen molar-refractivity contribution in [1.82, 2.24) is 5.32 Å². The number of halogens is 2. The molecule has 0 atom stereocenters. The van der Waals surface area contributed by atoms with Crippen LogP contribution in [0.4, 0.5) is 8.78 Å². The van der Waals surface area contributed by atoms with Gasteiger partial charge in [0.2, 0.25) is 5.75 Å². The second-order valence-corrected chi connectivity index (χ2v) is 3.46. The maximum absolute atomic E-state index is 13.5. The van der Waals surface area contributed by atoms with Gasteiger partial charge in [-0.15, -0.1) is 0 Å². The zero-order valence-electron chi connectivity index (χ0n) is 10.0. The first-order valence-corrected chi connectivity index (χ1v) is 5.47. The molecule has 1 aromatic rings. The van der Waals surface area contributed by atoms with Crippen LogP contribution in [0.25, 0.3) is 0 Å². The smallest absolute Gasteiger partial charge is 0.311 e. The van der Waals surface area contributed by atoms with Gasteiger partial charge in [0.1, 0.15) is 0 Å². The third kappa shape index (κ3) is 3.26. The van der Waals surface area contributed by atoms with Crippen LogP contribution in [0.15, 0.2) is 12.1 Å². The number of hydrogen-bond acceptors (Lipinski definition) is 3. The number of carbonyl (C=O) groups is 2. The number of ether oxygens (including phenoxy) is 1. The third-order valence-corrected chi connectivity index (χ3v) is 2.10. The number of amides is 1. The fraction of sp³-hybridized carbons (Fsp3) is 0.333. The molecule has 0 spiro atoms. The van der Waals surface area contributed by atoms with Gasteiger partial charge in [0.05, 0.1) is 0 Å². The van der Waals surface area contributed by atoms with Crippen LogP contribution in [0.5, 0.6) is 5.75 Å². The molecular formula is C12H15F2NO3. The van der Waals surface area contributed by atoms with E-state index in [0.717, 1.165) is 12.1 Å². The molecule has 0 aliphatic heterocycles. The highest BCUT2D eigenvalue weighted by Gasteiger charge is 2.18. The summed E-state index contributed by atoms with van der Waals surface area (Å²) < 4.78 is 31.5. The van der Waals surface area contributed by atoms with E-state index in [-0.39, 0.29) is 13.4 Å². The van der Waals surface area contributed by atoms with E-state index in [0.29, 0.717) is 6.54 Å². The Morgan fingerprint density at radius 1 is 1.28 bits per heavy atom. The zero-order chi connectivity index (χ0) is 13.7. The standard InChI is InChI=1S/C12H13F2NO3.H2/c1-3-10(16)18-11-8(13)5-7(6-9(11)14)12(17)15-4-2;/h5-6H,3-4H2,1-2H3,(H,15,17);1H. The van der Waals surface area contributed by atoms with E-state index in [9.17, 15) is 18.4 Å². The number of rotatable bonds is 4. The number of esters is 1. The summed E-state index contributed by atoms with van der Waals surface area (Å²) >= 11 is 0. The Kier molecular flexibility index (Phi) is 4.76. The fourth-order valence-electron chi connectivity index (χ4n) is 1.24. The van der Waals surface area contributed by atoms with Crippen molar-refractivity contribution in [2.75, 3.05) is 6.54 Å². The maximum atomic E-state index is 13.5. The summed E-state index contributed by atoms with van der Waals surface area (Å²) in [5.74, 6) is -4.30. The van der Waals surface area contributed by atoms with Crippen molar-refractivity contribution in [3.63, 3.8) is 0 Å². The van der Waals surface area contributed by atoms with Gasteiger partial charge in [-0.05, 0) is 19.1 Å². The minimum atomic E-state index is -1.09. The predicted molar refractivity (Wildman–Crippen MR) is 62.4 cm³/mol. The molecule has 0 aromatic heterocycles. The van der Waals surface area contributed by atoms with Crippen molar-refractivity contribution in [3.8, 4) is 5.75 Å². The second kappa shape index (κ2) is 6.09. The SMILES string of the molecule is CCNC(=O)c1cc(F)c(OC(=O)CC)c(F)c1.[HH]. The normalized spacial score (nSPS) is 10.0. The lowest BCUT2D eigenvalue weighted by Gasteiger charge is -2.08. The van der Waals surface area contributed by atoms with Crippen molar-refractivity contribution in [2.24, 2.45) is 0 Å². The molecule has 0 bridgehead atoms. The molecule has 0 aliphatic rings. The Hall–Kier alpha value is -1.98. The molecule has 4 nitrogen and oxygen atoms in total. The maximum Gasteiger partial charge on any atom is 0.311 e. The quantitative estimate of drug-likeness (QED) is 0.666. The molecule has 0 saturated heterocycles. The Balaban J connectivity index is 0.00000324. The van der Waals surface area contributed by atoms with Gasteiger partial charge < -0.3 is 10.1 Å². The molecule has 0 unspecified atom stereocenters. The number of carbonyl (C=O) groups excluding carboxylic acids is 2. The molecule has 6 heteroatoms. The lowest BCUT2D eigenvalue weighted by Crippen LogP contribution is -2.23. The van der Waals surface area contributed by atoms with Crippen LogP contribution in [-0.2, 0) is 4.79 Å². The summed E-state index contributed by atoms with van der Waals surface area (Å²) in [6.07, 6.45) is -0.00302. The molecule has 100 valence electrons. The summed E-state index contributed by atoms with van der Waals surface area (Å²) in [5, 5.41) is 2.41. The van der Waals surface area contributed by atoms with Crippen molar-refractivity contribution in [1.29, 1.82) is 0 Å². The molecule has 1 N–H and O–H groups in total. The highest BCUT2D eigenvalue weighted by Crippen LogP contribution is 2.23. The highest BCUT2D eigenvalue weighted by atomic mass is 19.1. The van der Waals surface area contributed by atoms with E-state index in [4.69, 9.17) is 0 Å². The summed E-state index contributed by atoms with van der Waals surface area (Å²) in [6.45, 7) is 3.53. The van der Waals surface area contributed by atoms with Crippen LogP contribution in [0.1, 0.15) is 32.1 Å². The monoisotopic (exact) mass is 259 g/mol. The van der Waals surface area contributed by atoms with E-state index in [2.05, 4.69) is 10.1 Å². The third-order valence-electron chi connectivity index (χ3n) is 2.10. The molecule has 1 aromatic carbocycles. The summed E-state index contributed by atoms with van der Waals surface area (Å²) in [4.78, 5) is 22.4. The van der Waals surface area contributed by atoms with Crippen LogP contribution in [0.2, 0.25) is 0 Å². The van der Waals surface area contributed by atoms with Gasteiger partial charge in [-0.25, -0.2) is 8.78 Å². The predicted octanol–water partition coefficient (Wildman–Crippen LogP) is 2.28. The first-order valence-electron chi connectivity index (χ1n) is 5.47. The first-order chi connectivity index (χ1) is 8.49. The summed E-state index contributed by atoms with van der Waals surface area (Å²) in [6, 6.07) is 1.65. The average molecular weight is 259 g/mol. The van der Waals surface area contributed by atoms with Crippen LogP contribution in [0.3, 0.4) is 0 Å². The number of benzene rings is 1. The largest absolute Gasteiger partial charge is 0.420 e. The van der Waals surface area contributed by atoms with Crippen LogP contribution in [0, 0.1) is 11.6 Å². The summed E-state index contributed by atoms with van der Waals surface area (Å²) in [5.41, 5.74) is -0.164.